The molecule has 7 nitrogen and oxygen atoms in total. The largest absolute Gasteiger partial charge is 0.497 e. The molecule has 0 fully saturated rings. The van der Waals surface area contributed by atoms with E-state index in [2.05, 4.69) is 4.72 Å². The summed E-state index contributed by atoms with van der Waals surface area (Å²) in [4.78, 5) is -0.0208. The first-order chi connectivity index (χ1) is 15.3. The molecule has 0 radical (unpaired) electrons. The molecule has 0 aliphatic heterocycles. The van der Waals surface area contributed by atoms with Crippen LogP contribution in [0.4, 0.5) is 4.39 Å². The molecule has 0 aliphatic rings. The van der Waals surface area contributed by atoms with Crippen LogP contribution in [0.2, 0.25) is 0 Å². The number of hydrogen-bond acceptors (Lipinski definition) is 6. The zero-order chi connectivity index (χ0) is 23.3. The highest BCUT2D eigenvalue weighted by Crippen LogP contribution is 2.40. The molecule has 0 aromatic heterocycles. The van der Waals surface area contributed by atoms with Gasteiger partial charge in [0.2, 0.25) is 10.0 Å². The number of nitrogens with one attached hydrogen (secondary N) is 1. The van der Waals surface area contributed by atoms with E-state index in [4.69, 9.17) is 18.9 Å². The molecule has 170 valence electrons. The highest BCUT2D eigenvalue weighted by Gasteiger charge is 2.24. The number of benzene rings is 3. The van der Waals surface area contributed by atoms with Gasteiger partial charge in [-0.05, 0) is 41.5 Å². The zero-order valence-corrected chi connectivity index (χ0v) is 19.0. The summed E-state index contributed by atoms with van der Waals surface area (Å²) >= 11 is 0. The van der Waals surface area contributed by atoms with Gasteiger partial charge in [0, 0.05) is 24.2 Å². The van der Waals surface area contributed by atoms with Gasteiger partial charge < -0.3 is 18.9 Å². The molecule has 1 N–H and O–H groups in total. The van der Waals surface area contributed by atoms with Crippen molar-refractivity contribution in [1.82, 2.24) is 4.72 Å². The van der Waals surface area contributed by atoms with E-state index in [1.54, 1.807) is 24.3 Å². The molecule has 3 aromatic carbocycles. The maximum atomic E-state index is 13.3. The van der Waals surface area contributed by atoms with Crippen LogP contribution in [0.1, 0.15) is 5.56 Å². The monoisotopic (exact) mass is 461 g/mol. The predicted octanol–water partition coefficient (Wildman–Crippen LogP) is 4.01. The van der Waals surface area contributed by atoms with Crippen molar-refractivity contribution in [3.63, 3.8) is 0 Å². The molecule has 0 spiro atoms. The van der Waals surface area contributed by atoms with Gasteiger partial charge in [-0.1, -0.05) is 12.1 Å². The molecule has 0 bridgehead atoms. The lowest BCUT2D eigenvalue weighted by molar-refractivity contribution is 0.354. The van der Waals surface area contributed by atoms with Gasteiger partial charge in [-0.25, -0.2) is 17.5 Å². The van der Waals surface area contributed by atoms with Crippen LogP contribution in [0.25, 0.3) is 11.1 Å². The molecule has 0 unspecified atom stereocenters. The fourth-order valence-corrected chi connectivity index (χ4v) is 4.37. The maximum Gasteiger partial charge on any atom is 0.241 e. The zero-order valence-electron chi connectivity index (χ0n) is 18.1. The maximum absolute atomic E-state index is 13.3. The molecule has 3 rings (SSSR count). The lowest BCUT2D eigenvalue weighted by atomic mass is 10.0. The Balaban J connectivity index is 2.12. The van der Waals surface area contributed by atoms with Crippen molar-refractivity contribution >= 4 is 10.0 Å². The van der Waals surface area contributed by atoms with E-state index < -0.39 is 15.8 Å². The minimum atomic E-state index is -4.01. The highest BCUT2D eigenvalue weighted by molar-refractivity contribution is 7.89. The second kappa shape index (κ2) is 9.88. The smallest absolute Gasteiger partial charge is 0.241 e. The van der Waals surface area contributed by atoms with E-state index in [-0.39, 0.29) is 17.2 Å². The fourth-order valence-electron chi connectivity index (χ4n) is 3.13. The first kappa shape index (κ1) is 23.4. The summed E-state index contributed by atoms with van der Waals surface area (Å²) in [7, 11) is 1.90. The predicted molar refractivity (Wildman–Crippen MR) is 119 cm³/mol. The van der Waals surface area contributed by atoms with Crippen molar-refractivity contribution in [3.8, 4) is 34.1 Å². The van der Waals surface area contributed by atoms with E-state index in [0.29, 0.717) is 33.9 Å². The molecular weight excluding hydrogens is 437 g/mol. The molecule has 0 aliphatic carbocycles. The van der Waals surface area contributed by atoms with E-state index in [1.165, 1.54) is 58.8 Å². The van der Waals surface area contributed by atoms with Crippen LogP contribution in [-0.4, -0.2) is 36.9 Å². The van der Waals surface area contributed by atoms with Crippen LogP contribution in [0.15, 0.2) is 59.5 Å². The summed E-state index contributed by atoms with van der Waals surface area (Å²) in [6, 6.07) is 13.6. The minimum Gasteiger partial charge on any atom is -0.497 e. The number of hydrogen-bond donors (Lipinski definition) is 1. The van der Waals surface area contributed by atoms with Crippen molar-refractivity contribution in [2.75, 3.05) is 28.4 Å². The summed E-state index contributed by atoms with van der Waals surface area (Å²) in [5.41, 5.74) is 1.52. The third-order valence-corrected chi connectivity index (χ3v) is 6.26. The van der Waals surface area contributed by atoms with Crippen LogP contribution >= 0.6 is 0 Å². The van der Waals surface area contributed by atoms with Gasteiger partial charge in [-0.15, -0.1) is 0 Å². The summed E-state index contributed by atoms with van der Waals surface area (Å²) in [6.07, 6.45) is 0. The van der Waals surface area contributed by atoms with Crippen molar-refractivity contribution in [3.05, 3.63) is 66.0 Å². The van der Waals surface area contributed by atoms with Crippen molar-refractivity contribution in [1.29, 1.82) is 0 Å². The Morgan fingerprint density at radius 2 is 1.34 bits per heavy atom. The summed E-state index contributed by atoms with van der Waals surface area (Å²) in [5, 5.41) is 0. The molecule has 0 saturated heterocycles. The first-order valence-electron chi connectivity index (χ1n) is 9.55. The Morgan fingerprint density at radius 3 is 1.88 bits per heavy atom. The van der Waals surface area contributed by atoms with E-state index >= 15 is 0 Å². The highest BCUT2D eigenvalue weighted by atomic mass is 32.2. The van der Waals surface area contributed by atoms with Crippen molar-refractivity contribution in [2.45, 2.75) is 11.4 Å². The van der Waals surface area contributed by atoms with Crippen molar-refractivity contribution in [2.24, 2.45) is 0 Å². The Kier molecular flexibility index (Phi) is 7.22. The topological polar surface area (TPSA) is 83.1 Å². The molecular formula is C23H24FNO6S. The minimum absolute atomic E-state index is 0.0160. The lowest BCUT2D eigenvalue weighted by Gasteiger charge is -2.17. The van der Waals surface area contributed by atoms with Crippen LogP contribution < -0.4 is 23.7 Å². The fraction of sp³-hybridized carbons (Fsp3) is 0.217. The third kappa shape index (κ3) is 5.12. The van der Waals surface area contributed by atoms with E-state index in [0.717, 1.165) is 0 Å². The number of methoxy groups -OCH3 is 4. The average Bonchev–Trinajstić information content (AvgIpc) is 2.82. The Labute approximate surface area is 186 Å². The molecule has 0 heterocycles. The summed E-state index contributed by atoms with van der Waals surface area (Å²) in [6.45, 7) is -0.0160. The second-order valence-electron chi connectivity index (χ2n) is 6.76. The Bertz CT molecular complexity index is 1170. The SMILES string of the molecule is COc1cc(OC)cc(-c2cc(OC)c(OC)cc2S(=O)(=O)NCc2ccc(F)cc2)c1. The van der Waals surface area contributed by atoms with E-state index in [1.807, 2.05) is 0 Å². The van der Waals surface area contributed by atoms with Gasteiger partial charge in [0.05, 0.1) is 33.3 Å². The van der Waals surface area contributed by atoms with Crippen LogP contribution in [0.3, 0.4) is 0 Å². The number of ether oxygens (including phenoxy) is 4. The Morgan fingerprint density at radius 1 is 0.781 bits per heavy atom. The van der Waals surface area contributed by atoms with Gasteiger partial charge in [0.25, 0.3) is 0 Å². The molecule has 9 heteroatoms. The summed E-state index contributed by atoms with van der Waals surface area (Å²) in [5.74, 6) is 1.22. The molecule has 0 saturated carbocycles. The molecule has 0 amide bonds. The standard InChI is InChI=1S/C23H24FNO6S/c1-28-18-9-16(10-19(11-18)29-2)20-12-21(30-3)22(31-4)13-23(20)32(26,27)25-14-15-5-7-17(24)8-6-15/h5-13,25H,14H2,1-4H3. The first-order valence-corrected chi connectivity index (χ1v) is 11.0. The Hall–Kier alpha value is -3.30. The van der Waals surface area contributed by atoms with Gasteiger partial charge in [-0.2, -0.15) is 0 Å². The molecule has 3 aromatic rings. The number of rotatable bonds is 9. The van der Waals surface area contributed by atoms with Gasteiger partial charge in [0.15, 0.2) is 11.5 Å². The van der Waals surface area contributed by atoms with Gasteiger partial charge >= 0.3 is 0 Å². The van der Waals surface area contributed by atoms with Crippen molar-refractivity contribution < 1.29 is 31.8 Å². The van der Waals surface area contributed by atoms with Crippen LogP contribution in [0, 0.1) is 5.82 Å². The number of sulfonamides is 1. The van der Waals surface area contributed by atoms with Crippen LogP contribution in [0.5, 0.6) is 23.0 Å². The molecule has 0 atom stereocenters. The average molecular weight is 462 g/mol. The quantitative estimate of drug-likeness (QED) is 0.519. The number of halogens is 1. The van der Waals surface area contributed by atoms with E-state index in [9.17, 15) is 12.8 Å². The second-order valence-corrected chi connectivity index (χ2v) is 8.49. The van der Waals surface area contributed by atoms with Gasteiger partial charge in [-0.3, -0.25) is 0 Å². The summed E-state index contributed by atoms with van der Waals surface area (Å²) < 4.78 is 63.7. The lowest BCUT2D eigenvalue weighted by Crippen LogP contribution is -2.24. The molecule has 32 heavy (non-hydrogen) atoms. The van der Waals surface area contributed by atoms with Gasteiger partial charge in [0.1, 0.15) is 17.3 Å². The van der Waals surface area contributed by atoms with Crippen LogP contribution in [-0.2, 0) is 16.6 Å². The normalized spacial score (nSPS) is 11.2. The third-order valence-electron chi connectivity index (χ3n) is 4.82.